The molecule has 0 saturated carbocycles. The lowest BCUT2D eigenvalue weighted by Gasteiger charge is -2.20. The molecule has 0 aromatic carbocycles. The van der Waals surface area contributed by atoms with Crippen LogP contribution in [-0.4, -0.2) is 16.6 Å². The fourth-order valence-corrected chi connectivity index (χ4v) is 2.62. The summed E-state index contributed by atoms with van der Waals surface area (Å²) in [6.07, 6.45) is 4.65. The number of amides is 1. The second-order valence-electron chi connectivity index (χ2n) is 2.17. The molecule has 1 amide bonds. The highest BCUT2D eigenvalue weighted by molar-refractivity contribution is 8.01. The molecule has 2 nitrogen and oxygen atoms in total. The number of carbonyl (C=O) groups is 1. The highest BCUT2D eigenvalue weighted by Crippen LogP contribution is 2.33. The van der Waals surface area contributed by atoms with Crippen LogP contribution in [0.5, 0.6) is 0 Å². The third-order valence-electron chi connectivity index (χ3n) is 1.59. The van der Waals surface area contributed by atoms with Gasteiger partial charge in [-0.3, -0.25) is 4.79 Å². The predicted octanol–water partition coefficient (Wildman–Crippen LogP) is 1.55. The lowest BCUT2D eigenvalue weighted by atomic mass is 10.2. The van der Waals surface area contributed by atoms with Gasteiger partial charge in [-0.25, -0.2) is 0 Å². The molecule has 56 valence electrons. The SMILES string of the molecule is CC[C@@H]1C=CC(=O)N1PP. The maximum absolute atomic E-state index is 11.0. The second-order valence-corrected chi connectivity index (χ2v) is 3.69. The standard InChI is InChI=1S/C6H11NOP2/c1-2-5-3-4-6(8)7(5)10-9/h3-5,10H,2,9H2,1H3/t5-/m1/s1. The Labute approximate surface area is 65.0 Å². The molecule has 1 rings (SSSR count). The van der Waals surface area contributed by atoms with Crippen LogP contribution >= 0.6 is 17.3 Å². The monoisotopic (exact) mass is 175 g/mol. The van der Waals surface area contributed by atoms with Crippen LogP contribution in [-0.2, 0) is 4.79 Å². The van der Waals surface area contributed by atoms with Crippen LogP contribution in [0.15, 0.2) is 12.2 Å². The zero-order valence-corrected chi connectivity index (χ0v) is 8.03. The first-order chi connectivity index (χ1) is 4.79. The summed E-state index contributed by atoms with van der Waals surface area (Å²) in [6, 6.07) is 0.350. The highest BCUT2D eigenvalue weighted by atomic mass is 32.0. The Balaban J connectivity index is 2.62. The van der Waals surface area contributed by atoms with Gasteiger partial charge in [0.2, 0.25) is 5.91 Å². The Hall–Kier alpha value is 0.0700. The Morgan fingerprint density at radius 2 is 2.60 bits per heavy atom. The first-order valence-corrected chi connectivity index (χ1v) is 6.03. The number of carbonyl (C=O) groups excluding carboxylic acids is 1. The maximum atomic E-state index is 11.0. The molecular formula is C6H11NOP2. The van der Waals surface area contributed by atoms with Crippen molar-refractivity contribution in [3.63, 3.8) is 0 Å². The van der Waals surface area contributed by atoms with Crippen molar-refractivity contribution in [3.05, 3.63) is 12.2 Å². The number of hydrogen-bond acceptors (Lipinski definition) is 1. The van der Waals surface area contributed by atoms with Gasteiger partial charge in [0.05, 0.1) is 6.04 Å². The van der Waals surface area contributed by atoms with Gasteiger partial charge in [-0.05, 0) is 14.8 Å². The normalized spacial score (nSPS) is 25.6. The molecule has 3 atom stereocenters. The van der Waals surface area contributed by atoms with Gasteiger partial charge in [-0.2, -0.15) is 0 Å². The average Bonchev–Trinajstić information content (AvgIpc) is 2.30. The first-order valence-electron chi connectivity index (χ1n) is 3.27. The van der Waals surface area contributed by atoms with Gasteiger partial charge >= 0.3 is 0 Å². The molecule has 1 aliphatic rings. The molecule has 10 heavy (non-hydrogen) atoms. The Morgan fingerprint density at radius 3 is 3.00 bits per heavy atom. The van der Waals surface area contributed by atoms with Crippen LogP contribution in [0.4, 0.5) is 0 Å². The minimum Gasteiger partial charge on any atom is -0.311 e. The summed E-state index contributed by atoms with van der Waals surface area (Å²) in [7, 11) is 3.11. The van der Waals surface area contributed by atoms with E-state index < -0.39 is 0 Å². The van der Waals surface area contributed by atoms with Crippen molar-refractivity contribution >= 4 is 23.3 Å². The molecule has 0 fully saturated rings. The van der Waals surface area contributed by atoms with Crippen molar-refractivity contribution in [2.24, 2.45) is 0 Å². The summed E-state index contributed by atoms with van der Waals surface area (Å²) in [5.41, 5.74) is 0. The smallest absolute Gasteiger partial charge is 0.250 e. The molecule has 0 aromatic rings. The van der Waals surface area contributed by atoms with E-state index in [2.05, 4.69) is 15.9 Å². The summed E-state index contributed by atoms with van der Waals surface area (Å²) in [5.74, 6) is 0.153. The van der Waals surface area contributed by atoms with Crippen molar-refractivity contribution in [2.75, 3.05) is 0 Å². The third-order valence-corrected chi connectivity index (χ3v) is 3.25. The topological polar surface area (TPSA) is 20.3 Å². The fraction of sp³-hybridized carbons (Fsp3) is 0.500. The van der Waals surface area contributed by atoms with Gasteiger partial charge in [0, 0.05) is 6.08 Å². The van der Waals surface area contributed by atoms with E-state index in [0.717, 1.165) is 6.42 Å². The molecule has 4 heteroatoms. The summed E-state index contributed by atoms with van der Waals surface area (Å²) < 4.78 is 1.87. The number of hydrogen-bond donors (Lipinski definition) is 0. The summed E-state index contributed by atoms with van der Waals surface area (Å²) in [4.78, 5) is 11.0. The van der Waals surface area contributed by atoms with Crippen LogP contribution in [0.25, 0.3) is 0 Å². The van der Waals surface area contributed by atoms with Crippen LogP contribution in [0.2, 0.25) is 0 Å². The van der Waals surface area contributed by atoms with Crippen molar-refractivity contribution in [1.29, 1.82) is 0 Å². The van der Waals surface area contributed by atoms with Crippen molar-refractivity contribution < 1.29 is 4.79 Å². The summed E-state index contributed by atoms with van der Waals surface area (Å²) in [5, 5.41) is 0. The summed E-state index contributed by atoms with van der Waals surface area (Å²) in [6.45, 7) is 2.09. The molecule has 0 bridgehead atoms. The van der Waals surface area contributed by atoms with E-state index in [9.17, 15) is 4.79 Å². The molecule has 0 spiro atoms. The lowest BCUT2D eigenvalue weighted by Crippen LogP contribution is -2.23. The maximum Gasteiger partial charge on any atom is 0.250 e. The number of nitrogens with zero attached hydrogens (tertiary/aromatic N) is 1. The van der Waals surface area contributed by atoms with Crippen molar-refractivity contribution in [2.45, 2.75) is 19.4 Å². The van der Waals surface area contributed by atoms with E-state index in [1.54, 1.807) is 6.08 Å². The molecule has 2 unspecified atom stereocenters. The van der Waals surface area contributed by atoms with E-state index in [4.69, 9.17) is 0 Å². The molecule has 0 radical (unpaired) electrons. The van der Waals surface area contributed by atoms with Crippen LogP contribution in [0, 0.1) is 0 Å². The van der Waals surface area contributed by atoms with Gasteiger partial charge in [-0.1, -0.05) is 21.9 Å². The van der Waals surface area contributed by atoms with Crippen LogP contribution in [0.3, 0.4) is 0 Å². The van der Waals surface area contributed by atoms with Crippen LogP contribution < -0.4 is 0 Å². The molecule has 1 heterocycles. The van der Waals surface area contributed by atoms with Gasteiger partial charge in [0.1, 0.15) is 0 Å². The van der Waals surface area contributed by atoms with Crippen molar-refractivity contribution in [3.8, 4) is 0 Å². The molecular weight excluding hydrogens is 164 g/mol. The van der Waals surface area contributed by atoms with Gasteiger partial charge in [0.15, 0.2) is 0 Å². The quantitative estimate of drug-likeness (QED) is 0.583. The van der Waals surface area contributed by atoms with E-state index in [1.807, 2.05) is 10.7 Å². The molecule has 0 saturated heterocycles. The fourth-order valence-electron chi connectivity index (χ4n) is 1.00. The van der Waals surface area contributed by atoms with Gasteiger partial charge in [0.25, 0.3) is 0 Å². The van der Waals surface area contributed by atoms with Crippen molar-refractivity contribution in [1.82, 2.24) is 4.67 Å². The number of rotatable bonds is 2. The Kier molecular flexibility index (Phi) is 2.82. The Morgan fingerprint density at radius 1 is 1.90 bits per heavy atom. The summed E-state index contributed by atoms with van der Waals surface area (Å²) >= 11 is 0. The average molecular weight is 175 g/mol. The third kappa shape index (κ3) is 1.38. The predicted molar refractivity (Wildman–Crippen MR) is 48.1 cm³/mol. The highest BCUT2D eigenvalue weighted by Gasteiger charge is 2.21. The molecule has 0 aromatic heterocycles. The lowest BCUT2D eigenvalue weighted by molar-refractivity contribution is -0.121. The van der Waals surface area contributed by atoms with E-state index in [0.29, 0.717) is 14.5 Å². The van der Waals surface area contributed by atoms with E-state index in [1.165, 1.54) is 0 Å². The van der Waals surface area contributed by atoms with Gasteiger partial charge in [-0.15, -0.1) is 0 Å². The Bertz CT molecular complexity index is 169. The minimum atomic E-state index is 0.153. The zero-order chi connectivity index (χ0) is 7.56. The molecule has 0 aliphatic carbocycles. The minimum absolute atomic E-state index is 0.153. The van der Waals surface area contributed by atoms with Gasteiger partial charge < -0.3 is 4.67 Å². The zero-order valence-electron chi connectivity index (χ0n) is 5.87. The van der Waals surface area contributed by atoms with E-state index in [-0.39, 0.29) is 5.91 Å². The first kappa shape index (κ1) is 8.17. The molecule has 0 N–H and O–H groups in total. The van der Waals surface area contributed by atoms with Crippen LogP contribution in [0.1, 0.15) is 13.3 Å². The molecule has 1 aliphatic heterocycles. The van der Waals surface area contributed by atoms with E-state index >= 15 is 0 Å². The largest absolute Gasteiger partial charge is 0.311 e. The second kappa shape index (κ2) is 3.46.